The lowest BCUT2D eigenvalue weighted by molar-refractivity contribution is -0.138. The zero-order chi connectivity index (χ0) is 20.4. The molecule has 0 N–H and O–H groups in total. The Labute approximate surface area is 178 Å². The van der Waals surface area contributed by atoms with Gasteiger partial charge in [0.1, 0.15) is 5.75 Å². The summed E-state index contributed by atoms with van der Waals surface area (Å²) in [5, 5.41) is 0. The normalized spacial score (nSPS) is 15.4. The molecule has 1 saturated heterocycles. The first kappa shape index (κ1) is 19.6. The molecule has 0 spiro atoms. The quantitative estimate of drug-likeness (QED) is 0.599. The van der Waals surface area contributed by atoms with E-state index in [-0.39, 0.29) is 5.91 Å². The molecule has 150 valence electrons. The third-order valence-corrected chi connectivity index (χ3v) is 5.61. The summed E-state index contributed by atoms with van der Waals surface area (Å²) in [5.41, 5.74) is 2.71. The number of rotatable bonds is 4. The number of para-hydroxylation sites is 2. The third-order valence-electron chi connectivity index (χ3n) is 5.08. The van der Waals surface area contributed by atoms with Gasteiger partial charge in [0.15, 0.2) is 11.9 Å². The van der Waals surface area contributed by atoms with E-state index in [0.29, 0.717) is 18.8 Å². The first-order valence-electron chi connectivity index (χ1n) is 9.70. The highest BCUT2D eigenvalue weighted by molar-refractivity contribution is 9.10. The summed E-state index contributed by atoms with van der Waals surface area (Å²) in [4.78, 5) is 26.3. The van der Waals surface area contributed by atoms with E-state index in [9.17, 15) is 4.79 Å². The number of hydrogen-bond donors (Lipinski definition) is 0. The van der Waals surface area contributed by atoms with Gasteiger partial charge in [-0.25, -0.2) is 9.97 Å². The van der Waals surface area contributed by atoms with Crippen molar-refractivity contribution in [3.63, 3.8) is 0 Å². The monoisotopic (exact) mass is 454 g/mol. The Bertz CT molecular complexity index is 1020. The predicted octanol–water partition coefficient (Wildman–Crippen LogP) is 3.82. The zero-order valence-electron chi connectivity index (χ0n) is 16.5. The SMILES string of the molecule is Cc1nc2ccccc2nc1N1CCN(C(=O)C(C)Oc2ccc(Br)cc2)CC1. The third kappa shape index (κ3) is 4.34. The molecule has 0 aliphatic carbocycles. The van der Waals surface area contributed by atoms with E-state index in [0.717, 1.165) is 40.1 Å². The molecule has 6 nitrogen and oxygen atoms in total. The van der Waals surface area contributed by atoms with E-state index in [1.54, 1.807) is 6.92 Å². The van der Waals surface area contributed by atoms with Crippen LogP contribution < -0.4 is 9.64 Å². The number of nitrogens with zero attached hydrogens (tertiary/aromatic N) is 4. The number of aryl methyl sites for hydroxylation is 1. The second-order valence-corrected chi connectivity index (χ2v) is 8.06. The number of carbonyl (C=O) groups is 1. The number of aromatic nitrogens is 2. The molecule has 0 bridgehead atoms. The van der Waals surface area contributed by atoms with Crippen LogP contribution >= 0.6 is 15.9 Å². The van der Waals surface area contributed by atoms with Gasteiger partial charge >= 0.3 is 0 Å². The van der Waals surface area contributed by atoms with Crippen molar-refractivity contribution in [1.29, 1.82) is 0 Å². The van der Waals surface area contributed by atoms with Crippen molar-refractivity contribution in [2.75, 3.05) is 31.1 Å². The molecule has 3 aromatic rings. The van der Waals surface area contributed by atoms with Gasteiger partial charge in [0.25, 0.3) is 5.91 Å². The van der Waals surface area contributed by atoms with E-state index < -0.39 is 6.10 Å². The van der Waals surface area contributed by atoms with E-state index >= 15 is 0 Å². The number of hydrogen-bond acceptors (Lipinski definition) is 5. The van der Waals surface area contributed by atoms with Crippen LogP contribution in [0.25, 0.3) is 11.0 Å². The maximum absolute atomic E-state index is 12.8. The first-order valence-corrected chi connectivity index (χ1v) is 10.5. The molecule has 1 amide bonds. The zero-order valence-corrected chi connectivity index (χ0v) is 18.1. The summed E-state index contributed by atoms with van der Waals surface area (Å²) >= 11 is 3.40. The molecular weight excluding hydrogens is 432 g/mol. The summed E-state index contributed by atoms with van der Waals surface area (Å²) in [6, 6.07) is 15.4. The molecule has 0 saturated carbocycles. The van der Waals surface area contributed by atoms with Crippen LogP contribution in [-0.2, 0) is 4.79 Å². The smallest absolute Gasteiger partial charge is 0.263 e. The standard InChI is InChI=1S/C22H23BrN4O2/c1-15-21(25-20-6-4-3-5-19(20)24-15)26-11-13-27(14-12-26)22(28)16(2)29-18-9-7-17(23)8-10-18/h3-10,16H,11-14H2,1-2H3. The Morgan fingerprint density at radius 3 is 2.28 bits per heavy atom. The van der Waals surface area contributed by atoms with Crippen LogP contribution in [0, 0.1) is 6.92 Å². The Kier molecular flexibility index (Phi) is 5.67. The largest absolute Gasteiger partial charge is 0.481 e. The first-order chi connectivity index (χ1) is 14.0. The van der Waals surface area contributed by atoms with Gasteiger partial charge in [-0.05, 0) is 50.2 Å². The average Bonchev–Trinajstić information content (AvgIpc) is 2.74. The van der Waals surface area contributed by atoms with Crippen molar-refractivity contribution in [3.8, 4) is 5.75 Å². The lowest BCUT2D eigenvalue weighted by atomic mass is 10.2. The molecule has 1 aromatic heterocycles. The number of piperazine rings is 1. The van der Waals surface area contributed by atoms with Crippen LogP contribution in [0.15, 0.2) is 53.0 Å². The van der Waals surface area contributed by atoms with E-state index in [4.69, 9.17) is 9.72 Å². The van der Waals surface area contributed by atoms with Crippen LogP contribution in [-0.4, -0.2) is 53.1 Å². The number of halogens is 1. The van der Waals surface area contributed by atoms with Gasteiger partial charge in [-0.3, -0.25) is 4.79 Å². The van der Waals surface area contributed by atoms with Crippen molar-refractivity contribution in [1.82, 2.24) is 14.9 Å². The highest BCUT2D eigenvalue weighted by atomic mass is 79.9. The van der Waals surface area contributed by atoms with Crippen LogP contribution in [0.3, 0.4) is 0 Å². The van der Waals surface area contributed by atoms with E-state index in [2.05, 4.69) is 25.8 Å². The van der Waals surface area contributed by atoms with E-state index in [1.165, 1.54) is 0 Å². The second kappa shape index (κ2) is 8.37. The minimum absolute atomic E-state index is 0.00823. The summed E-state index contributed by atoms with van der Waals surface area (Å²) in [6.07, 6.45) is -0.523. The molecule has 1 aliphatic rings. The Morgan fingerprint density at radius 2 is 1.62 bits per heavy atom. The van der Waals surface area contributed by atoms with Crippen molar-refractivity contribution in [3.05, 3.63) is 58.7 Å². The fraction of sp³-hybridized carbons (Fsp3) is 0.318. The molecule has 7 heteroatoms. The highest BCUT2D eigenvalue weighted by Gasteiger charge is 2.27. The number of benzene rings is 2. The van der Waals surface area contributed by atoms with Crippen LogP contribution in [0.4, 0.5) is 5.82 Å². The van der Waals surface area contributed by atoms with Crippen molar-refractivity contribution in [2.45, 2.75) is 20.0 Å². The Hall–Kier alpha value is -2.67. The van der Waals surface area contributed by atoms with Crippen molar-refractivity contribution < 1.29 is 9.53 Å². The summed E-state index contributed by atoms with van der Waals surface area (Å²) in [7, 11) is 0. The maximum atomic E-state index is 12.8. The molecule has 2 aromatic carbocycles. The molecule has 1 fully saturated rings. The summed E-state index contributed by atoms with van der Waals surface area (Å²) in [6.45, 7) is 6.52. The fourth-order valence-electron chi connectivity index (χ4n) is 3.54. The van der Waals surface area contributed by atoms with Gasteiger partial charge in [0.2, 0.25) is 0 Å². The Balaban J connectivity index is 1.39. The molecule has 0 radical (unpaired) electrons. The molecule has 4 rings (SSSR count). The Morgan fingerprint density at radius 1 is 1.00 bits per heavy atom. The lowest BCUT2D eigenvalue weighted by Gasteiger charge is -2.36. The van der Waals surface area contributed by atoms with Gasteiger partial charge in [0, 0.05) is 30.7 Å². The average molecular weight is 455 g/mol. The second-order valence-electron chi connectivity index (χ2n) is 7.15. The topological polar surface area (TPSA) is 58.6 Å². The summed E-state index contributed by atoms with van der Waals surface area (Å²) in [5.74, 6) is 1.60. The van der Waals surface area contributed by atoms with Gasteiger partial charge in [-0.15, -0.1) is 0 Å². The molecular formula is C22H23BrN4O2. The number of amides is 1. The number of fused-ring (bicyclic) bond motifs is 1. The van der Waals surface area contributed by atoms with Crippen molar-refractivity contribution in [2.24, 2.45) is 0 Å². The van der Waals surface area contributed by atoms with Gasteiger partial charge in [-0.2, -0.15) is 0 Å². The molecule has 1 atom stereocenters. The highest BCUT2D eigenvalue weighted by Crippen LogP contribution is 2.22. The lowest BCUT2D eigenvalue weighted by Crippen LogP contribution is -2.52. The van der Waals surface area contributed by atoms with Crippen molar-refractivity contribution >= 4 is 38.7 Å². The van der Waals surface area contributed by atoms with Gasteiger partial charge < -0.3 is 14.5 Å². The number of carbonyl (C=O) groups excluding carboxylic acids is 1. The molecule has 29 heavy (non-hydrogen) atoms. The minimum Gasteiger partial charge on any atom is -0.481 e. The molecule has 1 unspecified atom stereocenters. The molecule has 2 heterocycles. The van der Waals surface area contributed by atoms with Gasteiger partial charge in [-0.1, -0.05) is 28.1 Å². The van der Waals surface area contributed by atoms with E-state index in [1.807, 2.05) is 60.4 Å². The van der Waals surface area contributed by atoms with Crippen LogP contribution in [0.5, 0.6) is 5.75 Å². The van der Waals surface area contributed by atoms with Gasteiger partial charge in [0.05, 0.1) is 16.7 Å². The van der Waals surface area contributed by atoms with Crippen LogP contribution in [0.1, 0.15) is 12.6 Å². The van der Waals surface area contributed by atoms with Crippen LogP contribution in [0.2, 0.25) is 0 Å². The summed E-state index contributed by atoms with van der Waals surface area (Å²) < 4.78 is 6.79. The number of anilines is 1. The predicted molar refractivity (Wildman–Crippen MR) is 117 cm³/mol. The fourth-order valence-corrected chi connectivity index (χ4v) is 3.81. The minimum atomic E-state index is -0.523. The number of ether oxygens (including phenoxy) is 1. The maximum Gasteiger partial charge on any atom is 0.263 e. The molecule has 1 aliphatic heterocycles.